The van der Waals surface area contributed by atoms with Gasteiger partial charge in [0.2, 0.25) is 11.5 Å². The van der Waals surface area contributed by atoms with Gasteiger partial charge in [0, 0.05) is 21.7 Å². The van der Waals surface area contributed by atoms with Crippen molar-refractivity contribution in [2.45, 2.75) is 11.4 Å². The first-order valence-corrected chi connectivity index (χ1v) is 10.7. The minimum Gasteiger partial charge on any atom is -0.477 e. The molecule has 4 N–H and O–H groups in total. The number of nitrogen functional groups attached to an aromatic ring is 1. The van der Waals surface area contributed by atoms with Crippen molar-refractivity contribution >= 4 is 74.5 Å². The van der Waals surface area contributed by atoms with Crippen LogP contribution in [0.15, 0.2) is 16.4 Å². The number of alkyl halides is 1. The van der Waals surface area contributed by atoms with Crippen LogP contribution < -0.4 is 11.1 Å². The van der Waals surface area contributed by atoms with E-state index >= 15 is 0 Å². The van der Waals surface area contributed by atoms with Crippen molar-refractivity contribution in [1.29, 1.82) is 0 Å². The quantitative estimate of drug-likeness (QED) is 0.149. The Labute approximate surface area is 174 Å². The number of nitrogens with zero attached hydrogens (tertiary/aromatic N) is 4. The van der Waals surface area contributed by atoms with Gasteiger partial charge in [0.25, 0.3) is 11.8 Å². The SMILES string of the molecule is CON=C(C(=O)N[C@@H]1C(=O)N2C(C(=O)O)=C(CI)CS[C@@H]12)c1nsc(N)n1. The summed E-state index contributed by atoms with van der Waals surface area (Å²) in [7, 11) is 1.26. The van der Waals surface area contributed by atoms with Crippen molar-refractivity contribution < 1.29 is 24.3 Å². The molecular formula is C13H13IN6O5S2. The van der Waals surface area contributed by atoms with Crippen LogP contribution in [0.1, 0.15) is 5.82 Å². The number of oxime groups is 1. The number of fused-ring (bicyclic) bond motifs is 1. The summed E-state index contributed by atoms with van der Waals surface area (Å²) in [6, 6.07) is -0.884. The predicted octanol–water partition coefficient (Wildman–Crippen LogP) is -0.356. The lowest BCUT2D eigenvalue weighted by molar-refractivity contribution is -0.150. The number of carbonyl (C=O) groups is 3. The monoisotopic (exact) mass is 524 g/mol. The van der Waals surface area contributed by atoms with Crippen molar-refractivity contribution in [3.63, 3.8) is 0 Å². The van der Waals surface area contributed by atoms with Gasteiger partial charge >= 0.3 is 5.97 Å². The number of hydrogen-bond acceptors (Lipinski definition) is 10. The third kappa shape index (κ3) is 3.60. The number of nitrogens with two attached hydrogens (primary N) is 1. The Balaban J connectivity index is 1.79. The molecular weight excluding hydrogens is 511 g/mol. The molecule has 0 radical (unpaired) electrons. The highest BCUT2D eigenvalue weighted by Gasteiger charge is 2.54. The largest absolute Gasteiger partial charge is 0.477 e. The maximum Gasteiger partial charge on any atom is 0.352 e. The van der Waals surface area contributed by atoms with E-state index in [2.05, 4.69) is 47.3 Å². The number of amides is 2. The van der Waals surface area contributed by atoms with Crippen LogP contribution in [0.3, 0.4) is 0 Å². The van der Waals surface area contributed by atoms with Crippen LogP contribution >= 0.6 is 45.9 Å². The minimum absolute atomic E-state index is 0.0108. The molecule has 0 unspecified atom stereocenters. The third-order valence-electron chi connectivity index (χ3n) is 3.75. The first-order valence-electron chi connectivity index (χ1n) is 7.36. The molecule has 0 saturated carbocycles. The Hall–Kier alpha value is -1.94. The van der Waals surface area contributed by atoms with E-state index < -0.39 is 29.2 Å². The fraction of sp³-hybridized carbons (Fsp3) is 0.385. The number of aromatic nitrogens is 2. The van der Waals surface area contributed by atoms with Gasteiger partial charge < -0.3 is 21.0 Å². The number of rotatable bonds is 6. The molecule has 2 amide bonds. The zero-order chi connectivity index (χ0) is 19.7. The first kappa shape index (κ1) is 19.8. The molecule has 1 aromatic rings. The standard InChI is InChI=1S/C13H13IN6O5S2/c1-25-18-5(8-17-13(15)27-19-8)9(21)16-6-10(22)20-7(12(23)24)4(2-14)3-26-11(6)20/h6,11H,2-3H2,1H3,(H,16,21)(H,23,24)(H2,15,17,19)/t6-,11+/m1/s1. The lowest BCUT2D eigenvalue weighted by Crippen LogP contribution is -2.71. The average Bonchev–Trinajstić information content (AvgIpc) is 3.08. The van der Waals surface area contributed by atoms with E-state index in [-0.39, 0.29) is 22.4 Å². The topological polar surface area (TPSA) is 160 Å². The van der Waals surface area contributed by atoms with Gasteiger partial charge in [0.05, 0.1) is 0 Å². The van der Waals surface area contributed by atoms with Crippen LogP contribution in [-0.4, -0.2) is 71.6 Å². The lowest BCUT2D eigenvalue weighted by Gasteiger charge is -2.49. The molecule has 1 saturated heterocycles. The minimum atomic E-state index is -1.16. The van der Waals surface area contributed by atoms with Gasteiger partial charge in [-0.15, -0.1) is 11.8 Å². The summed E-state index contributed by atoms with van der Waals surface area (Å²) in [6.45, 7) is 0. The highest BCUT2D eigenvalue weighted by Crippen LogP contribution is 2.40. The van der Waals surface area contributed by atoms with Crippen molar-refractivity contribution in [2.24, 2.45) is 5.16 Å². The highest BCUT2D eigenvalue weighted by atomic mass is 127. The summed E-state index contributed by atoms with van der Waals surface area (Å²) < 4.78 is 4.41. The Morgan fingerprint density at radius 3 is 2.85 bits per heavy atom. The Morgan fingerprint density at radius 2 is 2.30 bits per heavy atom. The summed E-state index contributed by atoms with van der Waals surface area (Å²) in [5, 5.41) is 15.3. The van der Waals surface area contributed by atoms with Gasteiger partial charge in [-0.3, -0.25) is 14.5 Å². The average molecular weight is 524 g/mol. The molecule has 11 nitrogen and oxygen atoms in total. The molecule has 14 heteroatoms. The van der Waals surface area contributed by atoms with E-state index in [9.17, 15) is 19.5 Å². The van der Waals surface area contributed by atoms with Crippen LogP contribution in [-0.2, 0) is 19.2 Å². The van der Waals surface area contributed by atoms with E-state index in [1.807, 2.05) is 0 Å². The van der Waals surface area contributed by atoms with Crippen LogP contribution in [0.2, 0.25) is 0 Å². The summed E-state index contributed by atoms with van der Waals surface area (Å²) in [5.74, 6) is -1.92. The first-order chi connectivity index (χ1) is 12.9. The molecule has 2 aliphatic heterocycles. The van der Waals surface area contributed by atoms with E-state index in [0.717, 1.165) is 11.5 Å². The number of β-lactam (4-membered cyclic amide) rings is 1. The predicted molar refractivity (Wildman–Crippen MR) is 106 cm³/mol. The number of halogens is 1. The van der Waals surface area contributed by atoms with Gasteiger partial charge in [-0.25, -0.2) is 4.79 Å². The second-order valence-electron chi connectivity index (χ2n) is 5.33. The van der Waals surface area contributed by atoms with E-state index in [4.69, 9.17) is 5.73 Å². The van der Waals surface area contributed by atoms with Crippen LogP contribution in [0, 0.1) is 0 Å². The van der Waals surface area contributed by atoms with Crippen molar-refractivity contribution in [3.8, 4) is 0 Å². The molecule has 1 aromatic heterocycles. The molecule has 0 spiro atoms. The molecule has 2 atom stereocenters. The maximum absolute atomic E-state index is 12.6. The highest BCUT2D eigenvalue weighted by molar-refractivity contribution is 14.1. The number of carboxylic acid groups (broad SMARTS) is 1. The van der Waals surface area contributed by atoms with E-state index in [1.165, 1.54) is 23.8 Å². The third-order valence-corrected chi connectivity index (χ3v) is 6.55. The summed E-state index contributed by atoms with van der Waals surface area (Å²) >= 11 is 4.34. The maximum atomic E-state index is 12.6. The second kappa shape index (κ2) is 7.97. The molecule has 0 bridgehead atoms. The normalized spacial score (nSPS) is 22.2. The van der Waals surface area contributed by atoms with E-state index in [0.29, 0.717) is 15.8 Å². The molecule has 0 aliphatic carbocycles. The Morgan fingerprint density at radius 1 is 1.56 bits per heavy atom. The molecule has 27 heavy (non-hydrogen) atoms. The zero-order valence-electron chi connectivity index (χ0n) is 13.7. The van der Waals surface area contributed by atoms with Crippen LogP contribution in [0.5, 0.6) is 0 Å². The van der Waals surface area contributed by atoms with Crippen LogP contribution in [0.4, 0.5) is 5.13 Å². The Bertz CT molecular complexity index is 871. The number of carboxylic acids is 1. The zero-order valence-corrected chi connectivity index (χ0v) is 17.5. The summed E-state index contributed by atoms with van der Waals surface area (Å²) in [5.41, 5.74) is 5.96. The van der Waals surface area contributed by atoms with Gasteiger partial charge in [-0.2, -0.15) is 9.36 Å². The molecule has 1 fully saturated rings. The summed E-state index contributed by atoms with van der Waals surface area (Å²) in [6.07, 6.45) is 0. The van der Waals surface area contributed by atoms with Gasteiger partial charge in [-0.05, 0) is 5.57 Å². The molecule has 3 heterocycles. The summed E-state index contributed by atoms with van der Waals surface area (Å²) in [4.78, 5) is 46.4. The number of carbonyl (C=O) groups excluding carboxylic acids is 2. The number of aliphatic carboxylic acids is 1. The molecule has 2 aliphatic rings. The fourth-order valence-corrected chi connectivity index (χ4v) is 5.38. The van der Waals surface area contributed by atoms with Gasteiger partial charge in [-0.1, -0.05) is 27.7 Å². The van der Waals surface area contributed by atoms with Gasteiger partial charge in [0.1, 0.15) is 24.2 Å². The van der Waals surface area contributed by atoms with Crippen molar-refractivity contribution in [2.75, 3.05) is 23.0 Å². The second-order valence-corrected chi connectivity index (χ2v) is 7.98. The lowest BCUT2D eigenvalue weighted by atomic mass is 10.0. The number of hydrogen-bond donors (Lipinski definition) is 3. The smallest absolute Gasteiger partial charge is 0.352 e. The number of anilines is 1. The molecule has 0 aromatic carbocycles. The fourth-order valence-electron chi connectivity index (χ4n) is 2.60. The molecule has 144 valence electrons. The van der Waals surface area contributed by atoms with E-state index in [1.54, 1.807) is 0 Å². The van der Waals surface area contributed by atoms with Crippen LogP contribution in [0.25, 0.3) is 0 Å². The Kier molecular flexibility index (Phi) is 5.85. The van der Waals surface area contributed by atoms with Gasteiger partial charge in [0.15, 0.2) is 5.13 Å². The molecule has 3 rings (SSSR count). The number of nitrogens with one attached hydrogen (secondary N) is 1. The van der Waals surface area contributed by atoms with Crippen molar-refractivity contribution in [3.05, 3.63) is 17.1 Å². The number of thioether (sulfide) groups is 1. The van der Waals surface area contributed by atoms with Crippen molar-refractivity contribution in [1.82, 2.24) is 19.6 Å².